The molecule has 0 radical (unpaired) electrons. The predicted octanol–water partition coefficient (Wildman–Crippen LogP) is 4.09. The van der Waals surface area contributed by atoms with Crippen LogP contribution in [0, 0.1) is 18.6 Å². The average Bonchev–Trinajstić information content (AvgIpc) is 3.23. The zero-order chi connectivity index (χ0) is 20.0. The van der Waals surface area contributed by atoms with E-state index >= 15 is 0 Å². The first-order valence-electron chi connectivity index (χ1n) is 8.16. The number of aromatic nitrogens is 2. The van der Waals surface area contributed by atoms with E-state index in [9.17, 15) is 18.4 Å². The number of hydrogen-bond acceptors (Lipinski definition) is 5. The van der Waals surface area contributed by atoms with Crippen molar-refractivity contribution in [3.63, 3.8) is 0 Å². The molecule has 0 atom stereocenters. The lowest BCUT2D eigenvalue weighted by molar-refractivity contribution is 0.102. The molecular weight excluding hydrogens is 388 g/mol. The Labute approximate surface area is 161 Å². The molecule has 0 fully saturated rings. The van der Waals surface area contributed by atoms with Crippen molar-refractivity contribution in [1.29, 1.82) is 0 Å². The maximum absolute atomic E-state index is 13.7. The Bertz CT molecular complexity index is 1270. The van der Waals surface area contributed by atoms with Crippen molar-refractivity contribution in [2.24, 2.45) is 7.05 Å². The Morgan fingerprint density at radius 2 is 1.96 bits per heavy atom. The maximum Gasteiger partial charge on any atom is 0.419 e. The number of hydrogen-bond donors (Lipinski definition) is 1. The summed E-state index contributed by atoms with van der Waals surface area (Å²) in [4.78, 5) is 28.3. The molecule has 4 rings (SSSR count). The van der Waals surface area contributed by atoms with Crippen LogP contribution >= 0.6 is 11.3 Å². The Balaban J connectivity index is 1.69. The van der Waals surface area contributed by atoms with Crippen molar-refractivity contribution in [3.05, 3.63) is 69.2 Å². The molecule has 6 nitrogen and oxygen atoms in total. The second-order valence-corrected chi connectivity index (χ2v) is 7.01. The lowest BCUT2D eigenvalue weighted by atomic mass is 10.1. The number of carbonyl (C=O) groups excluding carboxylic acids is 1. The first-order chi connectivity index (χ1) is 13.3. The second kappa shape index (κ2) is 6.68. The number of thiazole rings is 1. The van der Waals surface area contributed by atoms with Crippen LogP contribution in [0.25, 0.3) is 21.7 Å². The molecule has 0 aliphatic rings. The number of anilines is 1. The van der Waals surface area contributed by atoms with E-state index < -0.39 is 29.0 Å². The van der Waals surface area contributed by atoms with Gasteiger partial charge in [-0.3, -0.25) is 9.36 Å². The lowest BCUT2D eigenvalue weighted by Crippen LogP contribution is -2.14. The molecule has 2 heterocycles. The number of halogens is 2. The summed E-state index contributed by atoms with van der Waals surface area (Å²) in [5.74, 6) is -2.93. The molecule has 0 unspecified atom stereocenters. The molecule has 1 N–H and O–H groups in total. The number of rotatable bonds is 3. The highest BCUT2D eigenvalue weighted by molar-refractivity contribution is 7.13. The molecule has 0 aliphatic heterocycles. The van der Waals surface area contributed by atoms with Gasteiger partial charge in [-0.15, -0.1) is 11.3 Å². The van der Waals surface area contributed by atoms with E-state index in [1.165, 1.54) is 27.4 Å². The third-order valence-electron chi connectivity index (χ3n) is 4.31. The molecule has 0 aliphatic carbocycles. The number of carbonyl (C=O) groups is 1. The van der Waals surface area contributed by atoms with Crippen molar-refractivity contribution < 1.29 is 18.0 Å². The minimum atomic E-state index is -0.869. The van der Waals surface area contributed by atoms with Gasteiger partial charge in [0, 0.05) is 18.0 Å². The average molecular weight is 401 g/mol. The Morgan fingerprint density at radius 3 is 2.68 bits per heavy atom. The van der Waals surface area contributed by atoms with Gasteiger partial charge in [-0.25, -0.2) is 18.6 Å². The van der Waals surface area contributed by atoms with Crippen molar-refractivity contribution in [1.82, 2.24) is 9.55 Å². The van der Waals surface area contributed by atoms with Crippen LogP contribution < -0.4 is 11.1 Å². The first kappa shape index (κ1) is 18.1. The molecule has 2 aromatic heterocycles. The number of oxazole rings is 1. The van der Waals surface area contributed by atoms with Crippen molar-refractivity contribution in [2.75, 3.05) is 5.32 Å². The molecule has 1 amide bonds. The highest BCUT2D eigenvalue weighted by atomic mass is 32.1. The topological polar surface area (TPSA) is 77.1 Å². The minimum Gasteiger partial charge on any atom is -0.408 e. The second-order valence-electron chi connectivity index (χ2n) is 6.15. The van der Waals surface area contributed by atoms with Crippen LogP contribution in [0.1, 0.15) is 16.1 Å². The molecule has 9 heteroatoms. The highest BCUT2D eigenvalue weighted by Crippen LogP contribution is 2.30. The monoisotopic (exact) mass is 401 g/mol. The highest BCUT2D eigenvalue weighted by Gasteiger charge is 2.18. The molecule has 0 saturated carbocycles. The largest absolute Gasteiger partial charge is 0.419 e. The zero-order valence-corrected chi connectivity index (χ0v) is 15.6. The normalized spacial score (nSPS) is 11.1. The summed E-state index contributed by atoms with van der Waals surface area (Å²) in [7, 11) is 1.59. The molecule has 142 valence electrons. The molecule has 28 heavy (non-hydrogen) atoms. The number of aryl methyl sites for hydroxylation is 2. The van der Waals surface area contributed by atoms with Gasteiger partial charge in [-0.2, -0.15) is 0 Å². The summed E-state index contributed by atoms with van der Waals surface area (Å²) in [6.07, 6.45) is 0. The Morgan fingerprint density at radius 1 is 1.25 bits per heavy atom. The van der Waals surface area contributed by atoms with Crippen LogP contribution in [0.2, 0.25) is 0 Å². The van der Waals surface area contributed by atoms with E-state index in [1.807, 2.05) is 6.92 Å². The van der Waals surface area contributed by atoms with Gasteiger partial charge in [0.05, 0.1) is 5.52 Å². The van der Waals surface area contributed by atoms with Crippen molar-refractivity contribution in [2.45, 2.75) is 6.92 Å². The van der Waals surface area contributed by atoms with Gasteiger partial charge >= 0.3 is 5.76 Å². The smallest absolute Gasteiger partial charge is 0.408 e. The van der Waals surface area contributed by atoms with Gasteiger partial charge in [-0.1, -0.05) is 6.07 Å². The molecule has 0 saturated heterocycles. The Kier molecular flexibility index (Phi) is 4.31. The van der Waals surface area contributed by atoms with Gasteiger partial charge in [0.1, 0.15) is 28.0 Å². The van der Waals surface area contributed by atoms with Crippen LogP contribution in [0.3, 0.4) is 0 Å². The van der Waals surface area contributed by atoms with Gasteiger partial charge in [0.25, 0.3) is 5.91 Å². The van der Waals surface area contributed by atoms with Crippen molar-refractivity contribution in [3.8, 4) is 10.6 Å². The summed E-state index contributed by atoms with van der Waals surface area (Å²) < 4.78 is 34.0. The summed E-state index contributed by atoms with van der Waals surface area (Å²) in [5, 5.41) is 4.25. The number of amides is 1. The van der Waals surface area contributed by atoms with Gasteiger partial charge in [0.15, 0.2) is 5.58 Å². The van der Waals surface area contributed by atoms with Crippen LogP contribution in [0.4, 0.5) is 14.5 Å². The van der Waals surface area contributed by atoms with Gasteiger partial charge in [0.2, 0.25) is 0 Å². The molecule has 2 aromatic carbocycles. The van der Waals surface area contributed by atoms with E-state index in [2.05, 4.69) is 10.3 Å². The summed E-state index contributed by atoms with van der Waals surface area (Å²) in [6.45, 7) is 1.83. The summed E-state index contributed by atoms with van der Waals surface area (Å²) >= 11 is 1.21. The Hall–Kier alpha value is -3.33. The summed E-state index contributed by atoms with van der Waals surface area (Å²) in [6, 6.07) is 6.80. The zero-order valence-electron chi connectivity index (χ0n) is 14.7. The number of para-hydroxylation sites is 1. The van der Waals surface area contributed by atoms with E-state index in [1.54, 1.807) is 19.2 Å². The fourth-order valence-electron chi connectivity index (χ4n) is 2.80. The number of fused-ring (bicyclic) bond motifs is 1. The lowest BCUT2D eigenvalue weighted by Gasteiger charge is -2.06. The van der Waals surface area contributed by atoms with Crippen LogP contribution in [0.15, 0.2) is 44.9 Å². The fourth-order valence-corrected chi connectivity index (χ4v) is 3.68. The molecule has 0 bridgehead atoms. The number of nitrogens with zero attached hydrogens (tertiary/aromatic N) is 2. The maximum atomic E-state index is 13.7. The van der Waals surface area contributed by atoms with Crippen molar-refractivity contribution >= 4 is 34.0 Å². The first-order valence-corrected chi connectivity index (χ1v) is 9.04. The standard InChI is InChI=1S/C19H13F2N3O3S/c1-9-6-15-14(24(2)19(26)27-15)7-10(9)18-22-13(8-28-18)17(25)23-16-11(20)4-3-5-12(16)21/h3-8H,1-2H3,(H,23,25). The van der Waals surface area contributed by atoms with Crippen LogP contribution in [0.5, 0.6) is 0 Å². The number of benzene rings is 2. The number of nitrogens with one attached hydrogen (secondary N) is 1. The van der Waals surface area contributed by atoms with E-state index in [0.717, 1.165) is 23.3 Å². The van der Waals surface area contributed by atoms with E-state index in [0.29, 0.717) is 16.1 Å². The van der Waals surface area contributed by atoms with E-state index in [-0.39, 0.29) is 5.69 Å². The van der Waals surface area contributed by atoms with Gasteiger partial charge in [-0.05, 0) is 36.8 Å². The van der Waals surface area contributed by atoms with E-state index in [4.69, 9.17) is 4.42 Å². The molecular formula is C19H13F2N3O3S. The fraction of sp³-hybridized carbons (Fsp3) is 0.105. The third kappa shape index (κ3) is 2.99. The van der Waals surface area contributed by atoms with Gasteiger partial charge < -0.3 is 9.73 Å². The minimum absolute atomic E-state index is 0.0308. The summed E-state index contributed by atoms with van der Waals surface area (Å²) in [5.41, 5.74) is 2.10. The quantitative estimate of drug-likeness (QED) is 0.561. The predicted molar refractivity (Wildman–Crippen MR) is 102 cm³/mol. The van der Waals surface area contributed by atoms with Crippen LogP contribution in [-0.4, -0.2) is 15.5 Å². The van der Waals surface area contributed by atoms with Crippen LogP contribution in [-0.2, 0) is 7.05 Å². The SMILES string of the molecule is Cc1cc2oc(=O)n(C)c2cc1-c1nc(C(=O)Nc2c(F)cccc2F)cs1. The molecule has 0 spiro atoms. The third-order valence-corrected chi connectivity index (χ3v) is 5.18. The molecule has 4 aromatic rings.